The van der Waals surface area contributed by atoms with Crippen LogP contribution < -0.4 is 5.32 Å². The predicted molar refractivity (Wildman–Crippen MR) is 96.9 cm³/mol. The van der Waals surface area contributed by atoms with Crippen LogP contribution in [-0.4, -0.2) is 25.8 Å². The highest BCUT2D eigenvalue weighted by Gasteiger charge is 2.18. The number of nitrogens with one attached hydrogen (secondary N) is 1. The first-order valence-corrected chi connectivity index (χ1v) is 8.89. The van der Waals surface area contributed by atoms with E-state index in [9.17, 15) is 4.79 Å². The Kier molecular flexibility index (Phi) is 4.28. The number of carbonyl (C=O) groups excluding carboxylic acids is 1. The summed E-state index contributed by atoms with van der Waals surface area (Å²) in [6, 6.07) is 7.57. The van der Waals surface area contributed by atoms with Crippen LogP contribution in [0.3, 0.4) is 0 Å². The Bertz CT molecular complexity index is 957. The average Bonchev–Trinajstić information content (AvgIpc) is 3.17. The second-order valence-electron chi connectivity index (χ2n) is 6.71. The van der Waals surface area contributed by atoms with E-state index >= 15 is 0 Å². The topological polar surface area (TPSA) is 85.8 Å². The number of aromatic nitrogens is 4. The van der Waals surface area contributed by atoms with Crippen LogP contribution in [0.25, 0.3) is 11.4 Å². The summed E-state index contributed by atoms with van der Waals surface area (Å²) in [5.74, 6) is 2.21. The first-order valence-electron chi connectivity index (χ1n) is 8.89. The van der Waals surface area contributed by atoms with E-state index in [0.29, 0.717) is 5.76 Å². The molecule has 134 valence electrons. The molecule has 4 rings (SSSR count). The van der Waals surface area contributed by atoms with Crippen molar-refractivity contribution in [1.29, 1.82) is 0 Å². The van der Waals surface area contributed by atoms with Gasteiger partial charge in [-0.15, -0.1) is 10.2 Å². The molecule has 7 heteroatoms. The predicted octanol–water partition coefficient (Wildman–Crippen LogP) is 3.53. The molecule has 1 aromatic carbocycles. The van der Waals surface area contributed by atoms with Gasteiger partial charge < -0.3 is 14.4 Å². The van der Waals surface area contributed by atoms with Crippen molar-refractivity contribution in [1.82, 2.24) is 19.9 Å². The number of aryl methyl sites for hydroxylation is 3. The summed E-state index contributed by atoms with van der Waals surface area (Å²) < 4.78 is 7.18. The molecule has 0 bridgehead atoms. The lowest BCUT2D eigenvalue weighted by molar-refractivity contribution is 0.101. The number of carbonyl (C=O) groups is 1. The number of hydrogen-bond acceptors (Lipinski definition) is 5. The van der Waals surface area contributed by atoms with Crippen LogP contribution in [0.1, 0.15) is 46.9 Å². The molecule has 1 aliphatic heterocycles. The van der Waals surface area contributed by atoms with Crippen molar-refractivity contribution in [3.8, 4) is 11.4 Å². The van der Waals surface area contributed by atoms with Gasteiger partial charge in [-0.05, 0) is 38.3 Å². The van der Waals surface area contributed by atoms with Crippen molar-refractivity contribution >= 4 is 11.6 Å². The van der Waals surface area contributed by atoms with Crippen molar-refractivity contribution in [2.24, 2.45) is 0 Å². The van der Waals surface area contributed by atoms with E-state index in [0.717, 1.165) is 54.3 Å². The van der Waals surface area contributed by atoms with E-state index in [1.807, 2.05) is 25.1 Å². The summed E-state index contributed by atoms with van der Waals surface area (Å²) in [6.45, 7) is 4.65. The standard InChI is InChI=1S/C19H21N5O2/c1-12-7-8-14(18-22-21-17-6-4-3-5-9-24(17)18)11-15(12)20-19(25)16-10-13(2)26-23-16/h7-8,10-11H,3-6,9H2,1-2H3,(H,20,25). The number of nitrogens with zero attached hydrogens (tertiary/aromatic N) is 4. The molecule has 0 aliphatic carbocycles. The summed E-state index contributed by atoms with van der Waals surface area (Å²) in [5, 5.41) is 15.4. The lowest BCUT2D eigenvalue weighted by Crippen LogP contribution is -2.13. The zero-order valence-electron chi connectivity index (χ0n) is 15.0. The van der Waals surface area contributed by atoms with Gasteiger partial charge in [0.25, 0.3) is 5.91 Å². The van der Waals surface area contributed by atoms with Crippen LogP contribution in [0.4, 0.5) is 5.69 Å². The van der Waals surface area contributed by atoms with Crippen LogP contribution in [0.15, 0.2) is 28.8 Å². The van der Waals surface area contributed by atoms with Gasteiger partial charge in [0.1, 0.15) is 11.6 Å². The highest BCUT2D eigenvalue weighted by atomic mass is 16.5. The molecule has 0 unspecified atom stereocenters. The van der Waals surface area contributed by atoms with Crippen molar-refractivity contribution < 1.29 is 9.32 Å². The Morgan fingerprint density at radius 2 is 2.04 bits per heavy atom. The van der Waals surface area contributed by atoms with Gasteiger partial charge in [-0.25, -0.2) is 0 Å². The Balaban J connectivity index is 1.64. The highest BCUT2D eigenvalue weighted by molar-refractivity contribution is 6.03. The van der Waals surface area contributed by atoms with E-state index in [-0.39, 0.29) is 11.6 Å². The molecule has 0 saturated carbocycles. The minimum atomic E-state index is -0.290. The summed E-state index contributed by atoms with van der Waals surface area (Å²) in [7, 11) is 0. The van der Waals surface area contributed by atoms with Gasteiger partial charge in [-0.1, -0.05) is 23.7 Å². The third-order valence-electron chi connectivity index (χ3n) is 4.71. The fourth-order valence-electron chi connectivity index (χ4n) is 3.25. The number of amides is 1. The number of fused-ring (bicyclic) bond motifs is 1. The van der Waals surface area contributed by atoms with Gasteiger partial charge in [0.15, 0.2) is 11.5 Å². The second-order valence-corrected chi connectivity index (χ2v) is 6.71. The fourth-order valence-corrected chi connectivity index (χ4v) is 3.25. The van der Waals surface area contributed by atoms with Crippen LogP contribution in [0, 0.1) is 13.8 Å². The zero-order chi connectivity index (χ0) is 18.1. The first-order chi connectivity index (χ1) is 12.6. The summed E-state index contributed by atoms with van der Waals surface area (Å²) in [5.41, 5.74) is 2.92. The molecule has 3 heterocycles. The maximum Gasteiger partial charge on any atom is 0.277 e. The van der Waals surface area contributed by atoms with Crippen molar-refractivity contribution in [2.45, 2.75) is 46.1 Å². The first kappa shape index (κ1) is 16.5. The number of rotatable bonds is 3. The Morgan fingerprint density at radius 3 is 2.85 bits per heavy atom. The van der Waals surface area contributed by atoms with Gasteiger partial charge >= 0.3 is 0 Å². The maximum atomic E-state index is 12.4. The summed E-state index contributed by atoms with van der Waals surface area (Å²) in [6.07, 6.45) is 4.48. The largest absolute Gasteiger partial charge is 0.361 e. The molecule has 2 aromatic heterocycles. The normalized spacial score (nSPS) is 13.9. The van der Waals surface area contributed by atoms with Gasteiger partial charge in [-0.2, -0.15) is 0 Å². The molecule has 1 amide bonds. The van der Waals surface area contributed by atoms with Crippen LogP contribution in [0.5, 0.6) is 0 Å². The molecule has 0 radical (unpaired) electrons. The Hall–Kier alpha value is -2.96. The molecule has 1 N–H and O–H groups in total. The summed E-state index contributed by atoms with van der Waals surface area (Å²) >= 11 is 0. The third-order valence-corrected chi connectivity index (χ3v) is 4.71. The van der Waals surface area contributed by atoms with Crippen LogP contribution >= 0.6 is 0 Å². The smallest absolute Gasteiger partial charge is 0.277 e. The molecule has 26 heavy (non-hydrogen) atoms. The minimum absolute atomic E-state index is 0.267. The monoisotopic (exact) mass is 351 g/mol. The minimum Gasteiger partial charge on any atom is -0.361 e. The number of hydrogen-bond donors (Lipinski definition) is 1. The molecule has 0 atom stereocenters. The number of anilines is 1. The van der Waals surface area contributed by atoms with E-state index in [1.165, 1.54) is 6.42 Å². The number of benzene rings is 1. The van der Waals surface area contributed by atoms with Gasteiger partial charge in [0, 0.05) is 30.3 Å². The SMILES string of the molecule is Cc1cc(C(=O)Nc2cc(-c3nnc4n3CCCCC4)ccc2C)no1. The molecule has 1 aliphatic rings. The fraction of sp³-hybridized carbons (Fsp3) is 0.368. The van der Waals surface area contributed by atoms with E-state index in [4.69, 9.17) is 4.52 Å². The molecule has 0 fully saturated rings. The molecule has 7 nitrogen and oxygen atoms in total. The zero-order valence-corrected chi connectivity index (χ0v) is 15.0. The Morgan fingerprint density at radius 1 is 1.15 bits per heavy atom. The molecule has 0 spiro atoms. The van der Waals surface area contributed by atoms with E-state index < -0.39 is 0 Å². The van der Waals surface area contributed by atoms with Crippen molar-refractivity contribution in [3.63, 3.8) is 0 Å². The summed E-state index contributed by atoms with van der Waals surface area (Å²) in [4.78, 5) is 12.4. The van der Waals surface area contributed by atoms with Crippen molar-refractivity contribution in [3.05, 3.63) is 47.1 Å². The van der Waals surface area contributed by atoms with Crippen LogP contribution in [-0.2, 0) is 13.0 Å². The molecular formula is C19H21N5O2. The lowest BCUT2D eigenvalue weighted by atomic mass is 10.1. The highest BCUT2D eigenvalue weighted by Crippen LogP contribution is 2.27. The Labute approximate surface area is 151 Å². The van der Waals surface area contributed by atoms with Gasteiger partial charge in [0.05, 0.1) is 0 Å². The van der Waals surface area contributed by atoms with Gasteiger partial charge in [-0.3, -0.25) is 4.79 Å². The second kappa shape index (κ2) is 6.74. The quantitative estimate of drug-likeness (QED) is 0.780. The van der Waals surface area contributed by atoms with Crippen LogP contribution in [0.2, 0.25) is 0 Å². The lowest BCUT2D eigenvalue weighted by Gasteiger charge is -2.11. The molecule has 0 saturated heterocycles. The van der Waals surface area contributed by atoms with Crippen molar-refractivity contribution in [2.75, 3.05) is 5.32 Å². The third kappa shape index (κ3) is 3.12. The average molecular weight is 351 g/mol. The van der Waals surface area contributed by atoms with E-state index in [2.05, 4.69) is 25.2 Å². The van der Waals surface area contributed by atoms with E-state index in [1.54, 1.807) is 13.0 Å². The van der Waals surface area contributed by atoms with Gasteiger partial charge in [0.2, 0.25) is 0 Å². The molecular weight excluding hydrogens is 330 g/mol. The molecule has 3 aromatic rings. The maximum absolute atomic E-state index is 12.4.